The minimum atomic E-state index is -4.38. The molecular weight excluding hydrogens is 869 g/mol. The summed E-state index contributed by atoms with van der Waals surface area (Å²) in [7, 11) is -4.38. The van der Waals surface area contributed by atoms with Crippen LogP contribution in [0, 0.1) is 0 Å². The average Bonchev–Trinajstić information content (AvgIpc) is 4.09. The summed E-state index contributed by atoms with van der Waals surface area (Å²) in [6, 6.07) is 9.30. The van der Waals surface area contributed by atoms with Gasteiger partial charge >= 0.3 is 0 Å². The maximum Gasteiger partial charge on any atom is 0.294 e. The maximum atomic E-state index is 11.7. The topological polar surface area (TPSA) is 228 Å². The fourth-order valence-electron chi connectivity index (χ4n) is 9.82. The molecule has 0 saturated carbocycles. The van der Waals surface area contributed by atoms with Crippen LogP contribution in [0.1, 0.15) is 112 Å². The largest absolute Gasteiger partial charge is 0.458 e. The van der Waals surface area contributed by atoms with E-state index in [1.807, 2.05) is 96.2 Å². The van der Waals surface area contributed by atoms with Crippen molar-refractivity contribution in [1.29, 1.82) is 0 Å². The van der Waals surface area contributed by atoms with Gasteiger partial charge in [0.2, 0.25) is 17.4 Å². The Bertz CT molecular complexity index is 3420. The van der Waals surface area contributed by atoms with Crippen molar-refractivity contribution >= 4 is 32.2 Å². The van der Waals surface area contributed by atoms with Crippen molar-refractivity contribution in [1.82, 2.24) is 39.9 Å². The van der Waals surface area contributed by atoms with Gasteiger partial charge < -0.3 is 43.1 Å². The highest BCUT2D eigenvalue weighted by Gasteiger charge is 2.46. The number of allylic oxidation sites excluding steroid dienone is 7. The smallest absolute Gasteiger partial charge is 0.294 e. The number of ether oxygens (including phenoxy) is 7. The molecule has 66 heavy (non-hydrogen) atoms. The van der Waals surface area contributed by atoms with E-state index < -0.39 is 33.4 Å². The van der Waals surface area contributed by atoms with E-state index in [-0.39, 0.29) is 34.5 Å². The van der Waals surface area contributed by atoms with E-state index >= 15 is 0 Å². The van der Waals surface area contributed by atoms with Crippen molar-refractivity contribution < 1.29 is 46.1 Å². The van der Waals surface area contributed by atoms with Gasteiger partial charge in [-0.2, -0.15) is 8.42 Å². The molecule has 6 aliphatic heterocycles. The molecule has 0 spiro atoms. The fourth-order valence-corrected chi connectivity index (χ4v) is 10.3. The summed E-state index contributed by atoms with van der Waals surface area (Å²) in [4.78, 5) is 38.2. The molecule has 2 fully saturated rings. The zero-order chi connectivity index (χ0) is 45.2. The highest BCUT2D eigenvalue weighted by atomic mass is 32.2. The van der Waals surface area contributed by atoms with Crippen molar-refractivity contribution in [3.63, 3.8) is 0 Å². The van der Waals surface area contributed by atoms with Crippen LogP contribution >= 0.6 is 0 Å². The third kappa shape index (κ3) is 6.27. The molecule has 3 N–H and O–H groups in total. The first kappa shape index (κ1) is 39.1. The second-order valence-electron chi connectivity index (χ2n) is 18.7. The first-order chi connectivity index (χ1) is 31.4. The highest BCUT2D eigenvalue weighted by Crippen LogP contribution is 2.51. The van der Waals surface area contributed by atoms with Gasteiger partial charge in [0.1, 0.15) is 57.7 Å². The van der Waals surface area contributed by atoms with Gasteiger partial charge in [-0.05, 0) is 72.9 Å². The van der Waals surface area contributed by atoms with E-state index in [1.54, 1.807) is 0 Å². The van der Waals surface area contributed by atoms with Gasteiger partial charge in [0.25, 0.3) is 10.1 Å². The minimum Gasteiger partial charge on any atom is -0.458 e. The van der Waals surface area contributed by atoms with Crippen LogP contribution in [-0.2, 0) is 29.1 Å². The van der Waals surface area contributed by atoms with Crippen LogP contribution in [0.15, 0.2) is 113 Å². The molecule has 2 aromatic carbocycles. The molecule has 13 rings (SSSR count). The Balaban J connectivity index is 1.04. The van der Waals surface area contributed by atoms with Gasteiger partial charge in [-0.3, -0.25) is 4.55 Å². The van der Waals surface area contributed by atoms with Gasteiger partial charge in [-0.25, -0.2) is 29.9 Å². The monoisotopic (exact) mass is 908 g/mol. The molecule has 6 unspecified atom stereocenters. The molecule has 0 radical (unpaired) electrons. The molecule has 8 bridgehead atoms. The number of H-pyrrole nitrogens is 2. The average molecular weight is 909 g/mol. The molecule has 9 aliphatic rings. The van der Waals surface area contributed by atoms with Crippen LogP contribution in [0.3, 0.4) is 0 Å². The van der Waals surface area contributed by atoms with E-state index in [0.29, 0.717) is 97.7 Å². The van der Waals surface area contributed by atoms with Crippen LogP contribution in [0.2, 0.25) is 0 Å². The first-order valence-electron chi connectivity index (χ1n) is 21.5. The Morgan fingerprint density at radius 3 is 1.53 bits per heavy atom. The van der Waals surface area contributed by atoms with Crippen molar-refractivity contribution in [2.75, 3.05) is 0 Å². The molecule has 19 heteroatoms. The third-order valence-electron chi connectivity index (χ3n) is 12.6. The zero-order valence-corrected chi connectivity index (χ0v) is 37.0. The number of benzene rings is 2. The van der Waals surface area contributed by atoms with Crippen LogP contribution in [-0.4, -0.2) is 70.2 Å². The second kappa shape index (κ2) is 13.0. The lowest BCUT2D eigenvalue weighted by atomic mass is 9.87. The Hall–Kier alpha value is -7.25. The SMILES string of the molecule is CC1(C)OC2=CC3c4nc(nc5[nH]c(nc6nc([nH]c7nc(n4)C4C=C8OC(C)(C)OC8=CC74)C4C=CC(Oc7ccc(S(=O)(=O)O)cc7)=CC64)c4cc6c(cc54)OC(C)(C)O6)C3C=C2O1. The normalized spacial score (nSPS) is 26.8. The highest BCUT2D eigenvalue weighted by molar-refractivity contribution is 7.85. The van der Waals surface area contributed by atoms with Crippen LogP contribution in [0.25, 0.3) is 22.1 Å². The summed E-state index contributed by atoms with van der Waals surface area (Å²) < 4.78 is 76.6. The van der Waals surface area contributed by atoms with Gasteiger partial charge in [0, 0.05) is 58.2 Å². The number of fused-ring (bicyclic) bond motifs is 23. The van der Waals surface area contributed by atoms with E-state index in [2.05, 4.69) is 9.97 Å². The number of hydrogen-bond acceptors (Lipinski definition) is 15. The molecule has 4 aromatic rings. The van der Waals surface area contributed by atoms with Crippen molar-refractivity contribution in [2.24, 2.45) is 0 Å². The summed E-state index contributed by atoms with van der Waals surface area (Å²) in [5.41, 5.74) is 0.963. The molecule has 0 amide bonds. The fraction of sp³-hybridized carbons (Fsp3) is 0.319. The van der Waals surface area contributed by atoms with Gasteiger partial charge in [-0.15, -0.1) is 0 Å². The molecule has 8 heterocycles. The molecule has 2 saturated heterocycles. The zero-order valence-electron chi connectivity index (χ0n) is 36.2. The lowest BCUT2D eigenvalue weighted by Crippen LogP contribution is -2.29. The Morgan fingerprint density at radius 1 is 0.545 bits per heavy atom. The van der Waals surface area contributed by atoms with Crippen molar-refractivity contribution in [2.45, 2.75) is 99.3 Å². The number of aromatic nitrogens is 8. The van der Waals surface area contributed by atoms with Gasteiger partial charge in [0.15, 0.2) is 34.5 Å². The quantitative estimate of drug-likeness (QED) is 0.167. The second-order valence-corrected chi connectivity index (χ2v) is 20.2. The maximum absolute atomic E-state index is 11.7. The van der Waals surface area contributed by atoms with Gasteiger partial charge in [-0.1, -0.05) is 6.08 Å². The summed E-state index contributed by atoms with van der Waals surface area (Å²) >= 11 is 0. The summed E-state index contributed by atoms with van der Waals surface area (Å²) in [5, 5.41) is 1.44. The van der Waals surface area contributed by atoms with E-state index in [0.717, 1.165) is 5.39 Å². The molecular formula is C47H40N8O10S. The van der Waals surface area contributed by atoms with E-state index in [9.17, 15) is 13.0 Å². The molecule has 18 nitrogen and oxygen atoms in total. The lowest BCUT2D eigenvalue weighted by Gasteiger charge is -2.20. The van der Waals surface area contributed by atoms with E-state index in [1.165, 1.54) is 24.3 Å². The summed E-state index contributed by atoms with van der Waals surface area (Å²) in [5.74, 6) is 2.77. The molecule has 2 aromatic heterocycles. The number of rotatable bonds is 3. The standard InChI is InChI=1S/C47H40N8O10S/c1-45(2)60-31-14-25-26(15-32(31)61-45)41-51-39(25)49-37-23-12-9-21(59-20-7-10-22(11-8-20)66(56,57)58)13-24(23)38(48-37)50-40-27-16-33-34(63-46(3,4)62-33)17-28(27)42(52-40)54-44-30-19-36-35(64-47(5,6)65-36)18-29(30)43(53-41)55-44/h7-19,23-26,29-30,52H,1-6H3,(H,56,57,58)(H,48,49,50,51,53,54,55). The lowest BCUT2D eigenvalue weighted by molar-refractivity contribution is -0.104. The number of hydrogen-bond donors (Lipinski definition) is 3. The third-order valence-corrected chi connectivity index (χ3v) is 13.4. The number of aromatic amines is 2. The summed E-state index contributed by atoms with van der Waals surface area (Å²) in [6.07, 6.45) is 13.8. The van der Waals surface area contributed by atoms with Crippen LogP contribution in [0.5, 0.6) is 17.2 Å². The number of nitrogens with one attached hydrogen (secondary N) is 2. The van der Waals surface area contributed by atoms with Crippen LogP contribution in [0.4, 0.5) is 0 Å². The number of nitrogens with zero attached hydrogens (tertiary/aromatic N) is 6. The van der Waals surface area contributed by atoms with Crippen molar-refractivity contribution in [3.05, 3.63) is 143 Å². The minimum absolute atomic E-state index is 0.244. The van der Waals surface area contributed by atoms with Crippen molar-refractivity contribution in [3.8, 4) is 17.2 Å². The summed E-state index contributed by atoms with van der Waals surface area (Å²) in [6.45, 7) is 11.2. The first-order valence-corrected chi connectivity index (χ1v) is 23.0. The van der Waals surface area contributed by atoms with Crippen LogP contribution < -0.4 is 14.2 Å². The predicted octanol–water partition coefficient (Wildman–Crippen LogP) is 7.79. The molecule has 6 atom stereocenters. The molecule has 334 valence electrons. The Labute approximate surface area is 376 Å². The van der Waals surface area contributed by atoms with E-state index in [4.69, 9.17) is 63.1 Å². The van der Waals surface area contributed by atoms with Gasteiger partial charge in [0.05, 0.1) is 34.5 Å². The Kier molecular flexibility index (Phi) is 7.69. The Morgan fingerprint density at radius 2 is 0.985 bits per heavy atom. The predicted molar refractivity (Wildman–Crippen MR) is 232 cm³/mol. The molecule has 3 aliphatic carbocycles.